The predicted molar refractivity (Wildman–Crippen MR) is 66.0 cm³/mol. The van der Waals surface area contributed by atoms with E-state index in [4.69, 9.17) is 14.9 Å². The van der Waals surface area contributed by atoms with Gasteiger partial charge in [-0.1, -0.05) is 0 Å². The summed E-state index contributed by atoms with van der Waals surface area (Å²) in [4.78, 5) is 15.0. The van der Waals surface area contributed by atoms with Gasteiger partial charge in [-0.05, 0) is 18.2 Å². The van der Waals surface area contributed by atoms with Crippen molar-refractivity contribution in [2.45, 2.75) is 13.5 Å². The van der Waals surface area contributed by atoms with Crippen LogP contribution in [0.4, 0.5) is 11.5 Å². The van der Waals surface area contributed by atoms with Crippen molar-refractivity contribution < 1.29 is 13.9 Å². The van der Waals surface area contributed by atoms with E-state index in [9.17, 15) is 4.79 Å². The molecule has 0 radical (unpaired) electrons. The fourth-order valence-electron chi connectivity index (χ4n) is 1.34. The highest BCUT2D eigenvalue weighted by Gasteiger charge is 2.06. The molecule has 18 heavy (non-hydrogen) atoms. The van der Waals surface area contributed by atoms with E-state index in [-0.39, 0.29) is 12.5 Å². The number of ether oxygens (including phenoxy) is 1. The Morgan fingerprint density at radius 3 is 3.00 bits per heavy atom. The van der Waals surface area contributed by atoms with E-state index in [0.717, 1.165) is 0 Å². The Kier molecular flexibility index (Phi) is 3.47. The van der Waals surface area contributed by atoms with Gasteiger partial charge in [-0.3, -0.25) is 4.79 Å². The van der Waals surface area contributed by atoms with Crippen LogP contribution < -0.4 is 15.8 Å². The number of nitrogens with zero attached hydrogens (tertiary/aromatic N) is 1. The molecule has 2 heterocycles. The largest absolute Gasteiger partial charge is 0.469 e. The van der Waals surface area contributed by atoms with Gasteiger partial charge in [0.25, 0.3) is 0 Å². The number of hydrogen-bond donors (Lipinski definition) is 2. The maximum Gasteiger partial charge on any atom is 0.222 e. The number of carbonyl (C=O) groups is 1. The number of nitrogens with one attached hydrogen (secondary N) is 1. The molecule has 0 aliphatic rings. The molecule has 0 atom stereocenters. The zero-order valence-corrected chi connectivity index (χ0v) is 9.84. The van der Waals surface area contributed by atoms with Crippen LogP contribution in [-0.4, -0.2) is 10.9 Å². The lowest BCUT2D eigenvalue weighted by Crippen LogP contribution is -2.10. The van der Waals surface area contributed by atoms with Gasteiger partial charge in [0.2, 0.25) is 11.8 Å². The number of nitrogen functional groups attached to an aromatic ring is 1. The van der Waals surface area contributed by atoms with Crippen molar-refractivity contribution in [3.63, 3.8) is 0 Å². The summed E-state index contributed by atoms with van der Waals surface area (Å²) < 4.78 is 10.5. The van der Waals surface area contributed by atoms with Crippen LogP contribution in [0.2, 0.25) is 0 Å². The number of amides is 1. The highest BCUT2D eigenvalue weighted by molar-refractivity contribution is 5.90. The van der Waals surface area contributed by atoms with Crippen molar-refractivity contribution in [3.8, 4) is 5.88 Å². The third-order valence-electron chi connectivity index (χ3n) is 2.14. The van der Waals surface area contributed by atoms with Gasteiger partial charge in [0.15, 0.2) is 5.82 Å². The standard InChI is InChI=1S/C12H13N3O3/c1-8(16)14-12-10(13)4-5-11(15-12)18-7-9-3-2-6-17-9/h2-6H,7,13H2,1H3,(H,14,15,16). The maximum absolute atomic E-state index is 11.0. The molecule has 2 aromatic rings. The van der Waals surface area contributed by atoms with Crippen molar-refractivity contribution in [1.82, 2.24) is 4.98 Å². The smallest absolute Gasteiger partial charge is 0.222 e. The molecule has 0 aliphatic heterocycles. The first-order chi connectivity index (χ1) is 8.65. The minimum Gasteiger partial charge on any atom is -0.469 e. The number of carbonyl (C=O) groups excluding carboxylic acids is 1. The second-order valence-corrected chi connectivity index (χ2v) is 3.64. The Bertz CT molecular complexity index is 538. The normalized spacial score (nSPS) is 10.1. The Morgan fingerprint density at radius 1 is 1.50 bits per heavy atom. The quantitative estimate of drug-likeness (QED) is 0.859. The number of rotatable bonds is 4. The predicted octanol–water partition coefficient (Wildman–Crippen LogP) is 1.79. The molecular formula is C12H13N3O3. The van der Waals surface area contributed by atoms with E-state index in [2.05, 4.69) is 10.3 Å². The molecule has 0 fully saturated rings. The summed E-state index contributed by atoms with van der Waals surface area (Å²) in [5, 5.41) is 2.53. The highest BCUT2D eigenvalue weighted by atomic mass is 16.5. The zero-order valence-electron chi connectivity index (χ0n) is 9.84. The van der Waals surface area contributed by atoms with Crippen LogP contribution in [-0.2, 0) is 11.4 Å². The molecule has 0 spiro atoms. The van der Waals surface area contributed by atoms with Crippen LogP contribution in [0, 0.1) is 0 Å². The molecule has 0 aliphatic carbocycles. The minimum absolute atomic E-state index is 0.239. The number of pyridine rings is 1. The number of hydrogen-bond acceptors (Lipinski definition) is 5. The molecule has 6 heteroatoms. The zero-order chi connectivity index (χ0) is 13.0. The van der Waals surface area contributed by atoms with Crippen molar-refractivity contribution in [2.24, 2.45) is 0 Å². The van der Waals surface area contributed by atoms with Crippen molar-refractivity contribution in [2.75, 3.05) is 11.1 Å². The lowest BCUT2D eigenvalue weighted by molar-refractivity contribution is -0.114. The van der Waals surface area contributed by atoms with Crippen molar-refractivity contribution >= 4 is 17.4 Å². The van der Waals surface area contributed by atoms with Crippen LogP contribution in [0.15, 0.2) is 34.9 Å². The van der Waals surface area contributed by atoms with Gasteiger partial charge < -0.3 is 20.2 Å². The molecule has 0 unspecified atom stereocenters. The van der Waals surface area contributed by atoms with Crippen molar-refractivity contribution in [3.05, 3.63) is 36.3 Å². The van der Waals surface area contributed by atoms with Gasteiger partial charge in [-0.2, -0.15) is 4.98 Å². The Hall–Kier alpha value is -2.50. The summed E-state index contributed by atoms with van der Waals surface area (Å²) in [5.41, 5.74) is 6.06. The Balaban J connectivity index is 2.06. The van der Waals surface area contributed by atoms with Crippen LogP contribution >= 0.6 is 0 Å². The number of furan rings is 1. The summed E-state index contributed by atoms with van der Waals surface area (Å²) in [5.74, 6) is 1.11. The second-order valence-electron chi connectivity index (χ2n) is 3.64. The molecule has 0 aromatic carbocycles. The van der Waals surface area contributed by atoms with Gasteiger partial charge in [0.05, 0.1) is 12.0 Å². The first kappa shape index (κ1) is 12.0. The molecule has 0 saturated heterocycles. The summed E-state index contributed by atoms with van der Waals surface area (Å²) in [7, 11) is 0. The van der Waals surface area contributed by atoms with E-state index in [0.29, 0.717) is 23.1 Å². The lowest BCUT2D eigenvalue weighted by atomic mass is 10.4. The topological polar surface area (TPSA) is 90.4 Å². The average molecular weight is 247 g/mol. The molecule has 0 bridgehead atoms. The third kappa shape index (κ3) is 3.00. The first-order valence-corrected chi connectivity index (χ1v) is 5.34. The van der Waals surface area contributed by atoms with Crippen LogP contribution in [0.5, 0.6) is 5.88 Å². The van der Waals surface area contributed by atoms with Gasteiger partial charge in [0.1, 0.15) is 12.4 Å². The molecule has 94 valence electrons. The Morgan fingerprint density at radius 2 is 2.33 bits per heavy atom. The fourth-order valence-corrected chi connectivity index (χ4v) is 1.34. The molecule has 6 nitrogen and oxygen atoms in total. The molecule has 0 saturated carbocycles. The minimum atomic E-state index is -0.239. The molecule has 3 N–H and O–H groups in total. The van der Waals surface area contributed by atoms with Gasteiger partial charge in [0, 0.05) is 13.0 Å². The van der Waals surface area contributed by atoms with Gasteiger partial charge >= 0.3 is 0 Å². The third-order valence-corrected chi connectivity index (χ3v) is 2.14. The number of anilines is 2. The van der Waals surface area contributed by atoms with E-state index >= 15 is 0 Å². The van der Waals surface area contributed by atoms with Gasteiger partial charge in [-0.15, -0.1) is 0 Å². The number of nitrogens with two attached hydrogens (primary N) is 1. The average Bonchev–Trinajstić information content (AvgIpc) is 2.82. The van der Waals surface area contributed by atoms with E-state index in [1.807, 2.05) is 0 Å². The maximum atomic E-state index is 11.0. The Labute approximate surface area is 104 Å². The van der Waals surface area contributed by atoms with E-state index < -0.39 is 0 Å². The van der Waals surface area contributed by atoms with Crippen LogP contribution in [0.1, 0.15) is 12.7 Å². The number of aromatic nitrogens is 1. The van der Waals surface area contributed by atoms with Crippen LogP contribution in [0.3, 0.4) is 0 Å². The monoisotopic (exact) mass is 247 g/mol. The van der Waals surface area contributed by atoms with E-state index in [1.165, 1.54) is 6.92 Å². The summed E-state index contributed by atoms with van der Waals surface area (Å²) in [6, 6.07) is 6.82. The highest BCUT2D eigenvalue weighted by Crippen LogP contribution is 2.20. The molecule has 2 aromatic heterocycles. The van der Waals surface area contributed by atoms with Crippen LogP contribution in [0.25, 0.3) is 0 Å². The molecule has 1 amide bonds. The van der Waals surface area contributed by atoms with Gasteiger partial charge in [-0.25, -0.2) is 0 Å². The van der Waals surface area contributed by atoms with Crippen molar-refractivity contribution in [1.29, 1.82) is 0 Å². The molecular weight excluding hydrogens is 234 g/mol. The second kappa shape index (κ2) is 5.22. The lowest BCUT2D eigenvalue weighted by Gasteiger charge is -2.08. The first-order valence-electron chi connectivity index (χ1n) is 5.34. The van der Waals surface area contributed by atoms with E-state index in [1.54, 1.807) is 30.5 Å². The SMILES string of the molecule is CC(=O)Nc1nc(OCc2ccco2)ccc1N. The summed E-state index contributed by atoms with van der Waals surface area (Å²) in [6.07, 6.45) is 1.57. The fraction of sp³-hybridized carbons (Fsp3) is 0.167. The molecule has 2 rings (SSSR count). The summed E-state index contributed by atoms with van der Waals surface area (Å²) in [6.45, 7) is 1.65. The summed E-state index contributed by atoms with van der Waals surface area (Å²) >= 11 is 0.